The molecule has 0 bridgehead atoms. The summed E-state index contributed by atoms with van der Waals surface area (Å²) in [6.45, 7) is 0. The molecule has 0 saturated heterocycles. The summed E-state index contributed by atoms with van der Waals surface area (Å²) < 4.78 is 0. The molecule has 0 saturated carbocycles. The van der Waals surface area contributed by atoms with Crippen LogP contribution in [0.2, 0.25) is 0 Å². The van der Waals surface area contributed by atoms with Crippen molar-refractivity contribution in [1.82, 2.24) is 0 Å². The SMILES string of the molecule is O=Cc1ccccc1SCCCCCl. The first kappa shape index (κ1) is 11.6. The van der Waals surface area contributed by atoms with Crippen LogP contribution in [0.5, 0.6) is 0 Å². The summed E-state index contributed by atoms with van der Waals surface area (Å²) in [5.41, 5.74) is 0.781. The highest BCUT2D eigenvalue weighted by atomic mass is 35.5. The van der Waals surface area contributed by atoms with Gasteiger partial charge in [0.2, 0.25) is 0 Å². The van der Waals surface area contributed by atoms with Crippen LogP contribution in [0.25, 0.3) is 0 Å². The molecule has 3 heteroatoms. The molecule has 0 N–H and O–H groups in total. The average Bonchev–Trinajstić information content (AvgIpc) is 2.25. The van der Waals surface area contributed by atoms with Crippen molar-refractivity contribution in [1.29, 1.82) is 0 Å². The summed E-state index contributed by atoms with van der Waals surface area (Å²) in [7, 11) is 0. The summed E-state index contributed by atoms with van der Waals surface area (Å²) >= 11 is 7.30. The lowest BCUT2D eigenvalue weighted by Gasteiger charge is -2.02. The zero-order valence-corrected chi connectivity index (χ0v) is 9.48. The maximum Gasteiger partial charge on any atom is 0.151 e. The van der Waals surface area contributed by atoms with Gasteiger partial charge in [-0.25, -0.2) is 0 Å². The summed E-state index contributed by atoms with van der Waals surface area (Å²) in [5, 5.41) is 0. The van der Waals surface area contributed by atoms with Crippen LogP contribution in [0, 0.1) is 0 Å². The van der Waals surface area contributed by atoms with Crippen molar-refractivity contribution in [3.63, 3.8) is 0 Å². The van der Waals surface area contributed by atoms with Crippen molar-refractivity contribution in [3.05, 3.63) is 29.8 Å². The van der Waals surface area contributed by atoms with Gasteiger partial charge in [0.1, 0.15) is 0 Å². The topological polar surface area (TPSA) is 17.1 Å². The van der Waals surface area contributed by atoms with Crippen molar-refractivity contribution in [2.24, 2.45) is 0 Å². The summed E-state index contributed by atoms with van der Waals surface area (Å²) in [6, 6.07) is 7.66. The Bertz CT molecular complexity index is 288. The standard InChI is InChI=1S/C11H13ClOS/c12-7-3-4-8-14-11-6-2-1-5-10(11)9-13/h1-2,5-6,9H,3-4,7-8H2. The van der Waals surface area contributed by atoms with Gasteiger partial charge in [0.05, 0.1) is 0 Å². The molecule has 0 atom stereocenters. The number of halogens is 1. The lowest BCUT2D eigenvalue weighted by molar-refractivity contribution is 0.112. The number of unbranched alkanes of at least 4 members (excludes halogenated alkanes) is 1. The lowest BCUT2D eigenvalue weighted by Crippen LogP contribution is -1.86. The Hall–Kier alpha value is -0.470. The molecule has 76 valence electrons. The van der Waals surface area contributed by atoms with Crippen LogP contribution in [-0.2, 0) is 0 Å². The van der Waals surface area contributed by atoms with Gasteiger partial charge in [-0.1, -0.05) is 18.2 Å². The molecule has 1 rings (SSSR count). The van der Waals surface area contributed by atoms with E-state index in [1.807, 2.05) is 24.3 Å². The second-order valence-corrected chi connectivity index (χ2v) is 4.41. The molecule has 0 heterocycles. The molecule has 1 aromatic rings. The zero-order chi connectivity index (χ0) is 10.2. The minimum atomic E-state index is 0.718. The predicted octanol–water partition coefficient (Wildman–Crippen LogP) is 3.61. The molecule has 0 fully saturated rings. The number of hydrogen-bond donors (Lipinski definition) is 0. The summed E-state index contributed by atoms with van der Waals surface area (Å²) in [5.74, 6) is 1.74. The van der Waals surface area contributed by atoms with E-state index in [2.05, 4.69) is 0 Å². The van der Waals surface area contributed by atoms with Crippen LogP contribution in [-0.4, -0.2) is 17.9 Å². The first-order chi connectivity index (χ1) is 6.88. The second-order valence-electron chi connectivity index (χ2n) is 2.90. The van der Waals surface area contributed by atoms with E-state index in [0.29, 0.717) is 0 Å². The Morgan fingerprint density at radius 3 is 2.79 bits per heavy atom. The van der Waals surface area contributed by atoms with Crippen molar-refractivity contribution in [2.45, 2.75) is 17.7 Å². The van der Waals surface area contributed by atoms with Crippen molar-refractivity contribution in [2.75, 3.05) is 11.6 Å². The van der Waals surface area contributed by atoms with Gasteiger partial charge >= 0.3 is 0 Å². The molecule has 0 aliphatic carbocycles. The van der Waals surface area contributed by atoms with Gasteiger partial charge < -0.3 is 0 Å². The van der Waals surface area contributed by atoms with Crippen LogP contribution in [0.3, 0.4) is 0 Å². The quantitative estimate of drug-likeness (QED) is 0.320. The minimum Gasteiger partial charge on any atom is -0.298 e. The first-order valence-corrected chi connectivity index (χ1v) is 6.13. The number of carbonyl (C=O) groups is 1. The van der Waals surface area contributed by atoms with Crippen LogP contribution in [0.4, 0.5) is 0 Å². The van der Waals surface area contributed by atoms with Crippen molar-refractivity contribution < 1.29 is 4.79 Å². The molecule has 0 aromatic heterocycles. The first-order valence-electron chi connectivity index (χ1n) is 4.61. The van der Waals surface area contributed by atoms with E-state index in [1.54, 1.807) is 11.8 Å². The van der Waals surface area contributed by atoms with Gasteiger partial charge in [-0.05, 0) is 24.7 Å². The molecule has 0 spiro atoms. The van der Waals surface area contributed by atoms with Gasteiger partial charge in [-0.2, -0.15) is 0 Å². The molecule has 0 radical (unpaired) electrons. The Morgan fingerprint density at radius 1 is 1.29 bits per heavy atom. The smallest absolute Gasteiger partial charge is 0.151 e. The van der Waals surface area contributed by atoms with Crippen LogP contribution >= 0.6 is 23.4 Å². The fourth-order valence-corrected chi connectivity index (χ4v) is 2.30. The third kappa shape index (κ3) is 3.72. The predicted molar refractivity (Wildman–Crippen MR) is 62.5 cm³/mol. The van der Waals surface area contributed by atoms with Gasteiger partial charge in [0.15, 0.2) is 6.29 Å². The number of benzene rings is 1. The van der Waals surface area contributed by atoms with E-state index >= 15 is 0 Å². The number of rotatable bonds is 6. The van der Waals surface area contributed by atoms with E-state index in [1.165, 1.54) is 0 Å². The molecule has 0 amide bonds. The third-order valence-corrected chi connectivity index (χ3v) is 3.27. The molecule has 0 aliphatic rings. The second kappa shape index (κ2) is 6.91. The maximum atomic E-state index is 10.7. The van der Waals surface area contributed by atoms with Crippen LogP contribution in [0.15, 0.2) is 29.2 Å². The summed E-state index contributed by atoms with van der Waals surface area (Å²) in [6.07, 6.45) is 3.04. The molecular formula is C11H13ClOS. The van der Waals surface area contributed by atoms with Crippen molar-refractivity contribution >= 4 is 29.6 Å². The summed E-state index contributed by atoms with van der Waals surface area (Å²) in [4.78, 5) is 11.7. The molecule has 0 unspecified atom stereocenters. The number of carbonyl (C=O) groups excluding carboxylic acids is 1. The van der Waals surface area contributed by atoms with Gasteiger partial charge in [-0.3, -0.25) is 4.79 Å². The van der Waals surface area contributed by atoms with E-state index in [0.717, 1.165) is 41.2 Å². The van der Waals surface area contributed by atoms with Gasteiger partial charge in [0, 0.05) is 16.3 Å². The van der Waals surface area contributed by atoms with E-state index < -0.39 is 0 Å². The molecule has 1 aromatic carbocycles. The third-order valence-electron chi connectivity index (χ3n) is 1.83. The Kier molecular flexibility index (Phi) is 5.72. The van der Waals surface area contributed by atoms with Crippen LogP contribution < -0.4 is 0 Å². The minimum absolute atomic E-state index is 0.718. The monoisotopic (exact) mass is 228 g/mol. The average molecular weight is 229 g/mol. The zero-order valence-electron chi connectivity index (χ0n) is 7.91. The number of alkyl halides is 1. The Balaban J connectivity index is 2.45. The van der Waals surface area contributed by atoms with E-state index in [-0.39, 0.29) is 0 Å². The van der Waals surface area contributed by atoms with E-state index in [9.17, 15) is 4.79 Å². The maximum absolute atomic E-state index is 10.7. The molecular weight excluding hydrogens is 216 g/mol. The fraction of sp³-hybridized carbons (Fsp3) is 0.364. The van der Waals surface area contributed by atoms with Gasteiger partial charge in [0.25, 0.3) is 0 Å². The largest absolute Gasteiger partial charge is 0.298 e. The fourth-order valence-electron chi connectivity index (χ4n) is 1.09. The highest BCUT2D eigenvalue weighted by Crippen LogP contribution is 2.22. The molecule has 14 heavy (non-hydrogen) atoms. The van der Waals surface area contributed by atoms with Crippen molar-refractivity contribution in [3.8, 4) is 0 Å². The normalized spacial score (nSPS) is 10.1. The number of aldehydes is 1. The Morgan fingerprint density at radius 2 is 2.07 bits per heavy atom. The van der Waals surface area contributed by atoms with Gasteiger partial charge in [-0.15, -0.1) is 23.4 Å². The Labute approximate surface area is 93.8 Å². The highest BCUT2D eigenvalue weighted by molar-refractivity contribution is 7.99. The molecule has 0 aliphatic heterocycles. The van der Waals surface area contributed by atoms with E-state index in [4.69, 9.17) is 11.6 Å². The number of thioether (sulfide) groups is 1. The lowest BCUT2D eigenvalue weighted by atomic mass is 10.2. The number of hydrogen-bond acceptors (Lipinski definition) is 2. The highest BCUT2D eigenvalue weighted by Gasteiger charge is 1.99. The molecule has 1 nitrogen and oxygen atoms in total. The van der Waals surface area contributed by atoms with Crippen LogP contribution in [0.1, 0.15) is 23.2 Å².